The quantitative estimate of drug-likeness (QED) is 0.668. The van der Waals surface area contributed by atoms with Crippen LogP contribution < -0.4 is 5.73 Å². The van der Waals surface area contributed by atoms with Crippen molar-refractivity contribution in [2.45, 2.75) is 39.7 Å². The molecule has 16 heavy (non-hydrogen) atoms. The normalized spacial score (nSPS) is 16.0. The number of nitrogens with two attached hydrogens (primary N) is 1. The Morgan fingerprint density at radius 3 is 2.38 bits per heavy atom. The first-order chi connectivity index (χ1) is 7.45. The summed E-state index contributed by atoms with van der Waals surface area (Å²) in [4.78, 5) is 0. The van der Waals surface area contributed by atoms with Crippen molar-refractivity contribution in [3.8, 4) is 0 Å². The van der Waals surface area contributed by atoms with Crippen molar-refractivity contribution in [2.24, 2.45) is 11.7 Å². The lowest BCUT2D eigenvalue weighted by molar-refractivity contribution is 0.0670. The lowest BCUT2D eigenvalue weighted by Gasteiger charge is -2.15. The number of hydrogen-bond donors (Lipinski definition) is 1. The zero-order chi connectivity index (χ0) is 12.6. The van der Waals surface area contributed by atoms with E-state index in [9.17, 15) is 8.42 Å². The first-order valence-corrected chi connectivity index (χ1v) is 7.79. The molecule has 0 bridgehead atoms. The van der Waals surface area contributed by atoms with Gasteiger partial charge in [0.25, 0.3) is 0 Å². The second kappa shape index (κ2) is 8.03. The first kappa shape index (κ1) is 15.9. The van der Waals surface area contributed by atoms with E-state index < -0.39 is 9.84 Å². The fourth-order valence-electron chi connectivity index (χ4n) is 1.45. The third-order valence-corrected chi connectivity index (χ3v) is 4.59. The van der Waals surface area contributed by atoms with E-state index in [0.717, 1.165) is 6.42 Å². The zero-order valence-electron chi connectivity index (χ0n) is 10.6. The lowest BCUT2D eigenvalue weighted by Crippen LogP contribution is -2.28. The van der Waals surface area contributed by atoms with E-state index in [1.54, 1.807) is 0 Å². The van der Waals surface area contributed by atoms with Crippen LogP contribution in [0.25, 0.3) is 0 Å². The molecule has 2 atom stereocenters. The number of hydrogen-bond acceptors (Lipinski definition) is 4. The molecular formula is C11H25NO3S. The Labute approximate surface area is 99.5 Å². The Hall–Kier alpha value is -0.130. The first-order valence-electron chi connectivity index (χ1n) is 5.97. The molecule has 0 radical (unpaired) electrons. The molecular weight excluding hydrogens is 226 g/mol. The molecule has 0 spiro atoms. The van der Waals surface area contributed by atoms with Crippen molar-refractivity contribution >= 4 is 9.84 Å². The fraction of sp³-hybridized carbons (Fsp3) is 1.00. The molecule has 0 saturated heterocycles. The molecule has 0 saturated carbocycles. The van der Waals surface area contributed by atoms with E-state index in [-0.39, 0.29) is 23.5 Å². The standard InChI is InChI=1S/C11H25NO3S/c1-4-10(3)9-16(13,14)7-6-11(8-12)15-5-2/h10-11H,4-9,12H2,1-3H3. The van der Waals surface area contributed by atoms with Crippen molar-refractivity contribution in [1.82, 2.24) is 0 Å². The molecule has 98 valence electrons. The van der Waals surface area contributed by atoms with E-state index in [0.29, 0.717) is 19.6 Å². The average molecular weight is 251 g/mol. The summed E-state index contributed by atoms with van der Waals surface area (Å²) in [6, 6.07) is 0. The molecule has 0 aromatic carbocycles. The van der Waals surface area contributed by atoms with Gasteiger partial charge >= 0.3 is 0 Å². The van der Waals surface area contributed by atoms with Gasteiger partial charge in [-0.3, -0.25) is 0 Å². The van der Waals surface area contributed by atoms with Gasteiger partial charge in [0.15, 0.2) is 9.84 Å². The summed E-state index contributed by atoms with van der Waals surface area (Å²) in [5.41, 5.74) is 5.50. The molecule has 0 aliphatic rings. The van der Waals surface area contributed by atoms with Gasteiger partial charge in [-0.15, -0.1) is 0 Å². The highest BCUT2D eigenvalue weighted by Gasteiger charge is 2.17. The predicted molar refractivity (Wildman–Crippen MR) is 67.2 cm³/mol. The SMILES string of the molecule is CCOC(CN)CCS(=O)(=O)CC(C)CC. The van der Waals surface area contributed by atoms with Crippen LogP contribution in [0.15, 0.2) is 0 Å². The fourth-order valence-corrected chi connectivity index (χ4v) is 3.34. The highest BCUT2D eigenvalue weighted by atomic mass is 32.2. The van der Waals surface area contributed by atoms with Crippen LogP contribution in [-0.4, -0.2) is 39.2 Å². The molecule has 0 aliphatic carbocycles. The minimum atomic E-state index is -2.95. The molecule has 0 aromatic rings. The van der Waals surface area contributed by atoms with Crippen molar-refractivity contribution in [1.29, 1.82) is 0 Å². The topological polar surface area (TPSA) is 69.4 Å². The molecule has 0 aliphatic heterocycles. The van der Waals surface area contributed by atoms with Gasteiger partial charge in [-0.2, -0.15) is 0 Å². The van der Waals surface area contributed by atoms with Crippen molar-refractivity contribution < 1.29 is 13.2 Å². The van der Waals surface area contributed by atoms with Crippen molar-refractivity contribution in [3.63, 3.8) is 0 Å². The van der Waals surface area contributed by atoms with Gasteiger partial charge in [0, 0.05) is 13.2 Å². The van der Waals surface area contributed by atoms with Crippen LogP contribution in [0, 0.1) is 5.92 Å². The van der Waals surface area contributed by atoms with Crippen molar-refractivity contribution in [2.75, 3.05) is 24.7 Å². The van der Waals surface area contributed by atoms with E-state index >= 15 is 0 Å². The van der Waals surface area contributed by atoms with Gasteiger partial charge < -0.3 is 10.5 Å². The Kier molecular flexibility index (Phi) is 7.97. The van der Waals surface area contributed by atoms with Crippen LogP contribution in [0.2, 0.25) is 0 Å². The zero-order valence-corrected chi connectivity index (χ0v) is 11.4. The van der Waals surface area contributed by atoms with Gasteiger partial charge in [-0.05, 0) is 19.3 Å². The third kappa shape index (κ3) is 7.19. The maximum atomic E-state index is 11.7. The molecule has 5 heteroatoms. The molecule has 2 unspecified atom stereocenters. The highest BCUT2D eigenvalue weighted by Crippen LogP contribution is 2.08. The molecule has 0 heterocycles. The average Bonchev–Trinajstić information content (AvgIpc) is 2.23. The smallest absolute Gasteiger partial charge is 0.150 e. The van der Waals surface area contributed by atoms with E-state index in [2.05, 4.69) is 0 Å². The number of sulfone groups is 1. The summed E-state index contributed by atoms with van der Waals surface area (Å²) in [6.45, 7) is 6.81. The molecule has 0 rings (SSSR count). The summed E-state index contributed by atoms with van der Waals surface area (Å²) >= 11 is 0. The molecule has 0 fully saturated rings. The lowest BCUT2D eigenvalue weighted by atomic mass is 10.2. The summed E-state index contributed by atoms with van der Waals surface area (Å²) in [5.74, 6) is 0.681. The largest absolute Gasteiger partial charge is 0.377 e. The van der Waals surface area contributed by atoms with Crippen LogP contribution >= 0.6 is 0 Å². The van der Waals surface area contributed by atoms with E-state index in [1.165, 1.54) is 0 Å². The minimum Gasteiger partial charge on any atom is -0.377 e. The van der Waals surface area contributed by atoms with Gasteiger partial charge in [0.1, 0.15) is 0 Å². The summed E-state index contributed by atoms with van der Waals surface area (Å²) < 4.78 is 28.8. The second-order valence-electron chi connectivity index (χ2n) is 4.23. The van der Waals surface area contributed by atoms with Gasteiger partial charge in [-0.25, -0.2) is 8.42 Å². The van der Waals surface area contributed by atoms with Crippen LogP contribution in [0.5, 0.6) is 0 Å². The molecule has 0 amide bonds. The predicted octanol–water partition coefficient (Wildman–Crippen LogP) is 1.20. The summed E-state index contributed by atoms with van der Waals surface area (Å²) in [6.07, 6.45) is 1.27. The van der Waals surface area contributed by atoms with Gasteiger partial charge in [-0.1, -0.05) is 20.3 Å². The highest BCUT2D eigenvalue weighted by molar-refractivity contribution is 7.91. The Morgan fingerprint density at radius 2 is 1.94 bits per heavy atom. The summed E-state index contributed by atoms with van der Waals surface area (Å²) in [5, 5.41) is 0. The van der Waals surface area contributed by atoms with E-state index in [1.807, 2.05) is 20.8 Å². The Balaban J connectivity index is 4.06. The van der Waals surface area contributed by atoms with Crippen LogP contribution in [0.3, 0.4) is 0 Å². The van der Waals surface area contributed by atoms with E-state index in [4.69, 9.17) is 10.5 Å². The maximum Gasteiger partial charge on any atom is 0.150 e. The van der Waals surface area contributed by atoms with Crippen molar-refractivity contribution in [3.05, 3.63) is 0 Å². The second-order valence-corrected chi connectivity index (χ2v) is 6.46. The van der Waals surface area contributed by atoms with Gasteiger partial charge in [0.05, 0.1) is 17.6 Å². The number of ether oxygens (including phenoxy) is 1. The summed E-state index contributed by atoms with van der Waals surface area (Å²) in [7, 11) is -2.95. The van der Waals surface area contributed by atoms with Gasteiger partial charge in [0.2, 0.25) is 0 Å². The Morgan fingerprint density at radius 1 is 1.31 bits per heavy atom. The molecule has 0 aromatic heterocycles. The monoisotopic (exact) mass is 251 g/mol. The molecule has 4 nitrogen and oxygen atoms in total. The van der Waals surface area contributed by atoms with Crippen LogP contribution in [0.4, 0.5) is 0 Å². The number of rotatable bonds is 9. The Bertz CT molecular complexity index is 264. The van der Waals surface area contributed by atoms with Crippen LogP contribution in [0.1, 0.15) is 33.6 Å². The molecule has 2 N–H and O–H groups in total. The third-order valence-electron chi connectivity index (χ3n) is 2.65. The minimum absolute atomic E-state index is 0.128. The van der Waals surface area contributed by atoms with Crippen LogP contribution in [-0.2, 0) is 14.6 Å². The maximum absolute atomic E-state index is 11.7.